The van der Waals surface area contributed by atoms with Crippen molar-refractivity contribution >= 4 is 11.0 Å². The summed E-state index contributed by atoms with van der Waals surface area (Å²) in [5.41, 5.74) is 3.65. The third-order valence-electron chi connectivity index (χ3n) is 3.56. The van der Waals surface area contributed by atoms with Crippen LogP contribution in [0.25, 0.3) is 11.0 Å². The number of aromatic nitrogens is 2. The molecule has 1 N–H and O–H groups in total. The first-order valence-electron chi connectivity index (χ1n) is 6.86. The fourth-order valence-corrected chi connectivity index (χ4v) is 2.48. The molecule has 1 saturated carbocycles. The van der Waals surface area contributed by atoms with Crippen LogP contribution in [0.15, 0.2) is 18.2 Å². The van der Waals surface area contributed by atoms with Gasteiger partial charge in [-0.2, -0.15) is 0 Å². The van der Waals surface area contributed by atoms with E-state index in [-0.39, 0.29) is 0 Å². The molecular formula is C15H21N3. The first kappa shape index (κ1) is 11.7. The van der Waals surface area contributed by atoms with Crippen molar-refractivity contribution in [2.24, 2.45) is 0 Å². The second kappa shape index (κ2) is 4.39. The van der Waals surface area contributed by atoms with Crippen LogP contribution in [0.4, 0.5) is 0 Å². The summed E-state index contributed by atoms with van der Waals surface area (Å²) in [6, 6.07) is 7.72. The lowest BCUT2D eigenvalue weighted by molar-refractivity contribution is 0.553. The van der Waals surface area contributed by atoms with Gasteiger partial charge in [0.15, 0.2) is 0 Å². The van der Waals surface area contributed by atoms with Crippen LogP contribution in [0.1, 0.15) is 44.1 Å². The third kappa shape index (κ3) is 2.15. The lowest BCUT2D eigenvalue weighted by Crippen LogP contribution is -2.19. The summed E-state index contributed by atoms with van der Waals surface area (Å²) in [6.45, 7) is 7.45. The number of benzene rings is 1. The second-order valence-electron chi connectivity index (χ2n) is 5.64. The zero-order chi connectivity index (χ0) is 12.7. The van der Waals surface area contributed by atoms with Gasteiger partial charge in [-0.05, 0) is 51.3 Å². The van der Waals surface area contributed by atoms with Gasteiger partial charge in [-0.3, -0.25) is 0 Å². The quantitative estimate of drug-likeness (QED) is 0.893. The van der Waals surface area contributed by atoms with E-state index in [1.165, 1.54) is 23.9 Å². The predicted molar refractivity (Wildman–Crippen MR) is 74.7 cm³/mol. The van der Waals surface area contributed by atoms with Crippen molar-refractivity contribution in [3.8, 4) is 0 Å². The Morgan fingerprint density at radius 2 is 2.17 bits per heavy atom. The molecule has 96 valence electrons. The van der Waals surface area contributed by atoms with Gasteiger partial charge in [0.25, 0.3) is 0 Å². The molecule has 3 nitrogen and oxygen atoms in total. The van der Waals surface area contributed by atoms with E-state index in [2.05, 4.69) is 48.9 Å². The summed E-state index contributed by atoms with van der Waals surface area (Å²) in [4.78, 5) is 4.79. The van der Waals surface area contributed by atoms with E-state index >= 15 is 0 Å². The van der Waals surface area contributed by atoms with Gasteiger partial charge < -0.3 is 9.88 Å². The van der Waals surface area contributed by atoms with E-state index in [9.17, 15) is 0 Å². The van der Waals surface area contributed by atoms with Crippen molar-refractivity contribution in [1.82, 2.24) is 14.9 Å². The van der Waals surface area contributed by atoms with Crippen molar-refractivity contribution in [3.05, 3.63) is 29.6 Å². The molecule has 1 aromatic heterocycles. The lowest BCUT2D eigenvalue weighted by atomic mass is 10.2. The molecule has 1 aliphatic carbocycles. The van der Waals surface area contributed by atoms with E-state index < -0.39 is 0 Å². The fraction of sp³-hybridized carbons (Fsp3) is 0.533. The summed E-state index contributed by atoms with van der Waals surface area (Å²) in [6.07, 6.45) is 2.64. The molecule has 0 radical (unpaired) electrons. The molecule has 18 heavy (non-hydrogen) atoms. The highest BCUT2D eigenvalue weighted by molar-refractivity contribution is 5.77. The second-order valence-corrected chi connectivity index (χ2v) is 5.64. The smallest absolute Gasteiger partial charge is 0.124 e. The minimum Gasteiger partial charge on any atom is -0.324 e. The average molecular weight is 243 g/mol. The first-order chi connectivity index (χ1) is 8.65. The maximum atomic E-state index is 4.79. The van der Waals surface area contributed by atoms with Gasteiger partial charge >= 0.3 is 0 Å². The maximum Gasteiger partial charge on any atom is 0.124 e. The fourth-order valence-electron chi connectivity index (χ4n) is 2.48. The Balaban J connectivity index is 2.01. The highest BCUT2D eigenvalue weighted by atomic mass is 15.1. The van der Waals surface area contributed by atoms with Crippen LogP contribution in [0, 0.1) is 6.92 Å². The van der Waals surface area contributed by atoms with Gasteiger partial charge in [-0.1, -0.05) is 6.07 Å². The Labute approximate surface area is 108 Å². The number of hydrogen-bond donors (Lipinski definition) is 1. The number of nitrogens with one attached hydrogen (secondary N) is 1. The van der Waals surface area contributed by atoms with Gasteiger partial charge in [-0.25, -0.2) is 4.98 Å². The monoisotopic (exact) mass is 243 g/mol. The average Bonchev–Trinajstić information content (AvgIpc) is 3.06. The SMILES string of the molecule is Cc1ccc2c(c1)nc(CNC1CC1)n2C(C)C. The molecular weight excluding hydrogens is 222 g/mol. The van der Waals surface area contributed by atoms with Crippen LogP contribution in [0.2, 0.25) is 0 Å². The zero-order valence-electron chi connectivity index (χ0n) is 11.4. The number of fused-ring (bicyclic) bond motifs is 1. The molecule has 0 aliphatic heterocycles. The summed E-state index contributed by atoms with van der Waals surface area (Å²) >= 11 is 0. The molecule has 1 aromatic carbocycles. The highest BCUT2D eigenvalue weighted by Crippen LogP contribution is 2.24. The Morgan fingerprint density at radius 3 is 2.83 bits per heavy atom. The van der Waals surface area contributed by atoms with Gasteiger partial charge in [-0.15, -0.1) is 0 Å². The Kier molecular flexibility index (Phi) is 2.86. The van der Waals surface area contributed by atoms with Gasteiger partial charge in [0.2, 0.25) is 0 Å². The summed E-state index contributed by atoms with van der Waals surface area (Å²) < 4.78 is 2.35. The molecule has 1 fully saturated rings. The van der Waals surface area contributed by atoms with Crippen molar-refractivity contribution in [1.29, 1.82) is 0 Å². The lowest BCUT2D eigenvalue weighted by Gasteiger charge is -2.13. The molecule has 0 spiro atoms. The standard InChI is InChI=1S/C15H21N3/c1-10(2)18-14-7-4-11(3)8-13(14)17-15(18)9-16-12-5-6-12/h4,7-8,10,12,16H,5-6,9H2,1-3H3. The number of imidazole rings is 1. The van der Waals surface area contributed by atoms with E-state index in [4.69, 9.17) is 4.98 Å². The third-order valence-corrected chi connectivity index (χ3v) is 3.56. The Morgan fingerprint density at radius 1 is 1.39 bits per heavy atom. The van der Waals surface area contributed by atoms with Crippen molar-refractivity contribution in [2.75, 3.05) is 0 Å². The topological polar surface area (TPSA) is 29.9 Å². The number of nitrogens with zero attached hydrogens (tertiary/aromatic N) is 2. The molecule has 0 unspecified atom stereocenters. The molecule has 1 aliphatic rings. The van der Waals surface area contributed by atoms with Gasteiger partial charge in [0.05, 0.1) is 17.6 Å². The summed E-state index contributed by atoms with van der Waals surface area (Å²) in [5.74, 6) is 1.16. The van der Waals surface area contributed by atoms with Crippen LogP contribution < -0.4 is 5.32 Å². The first-order valence-corrected chi connectivity index (χ1v) is 6.86. The van der Waals surface area contributed by atoms with Gasteiger partial charge in [0.1, 0.15) is 5.82 Å². The normalized spacial score (nSPS) is 15.8. The molecule has 0 bridgehead atoms. The largest absolute Gasteiger partial charge is 0.324 e. The van der Waals surface area contributed by atoms with Crippen LogP contribution in [-0.2, 0) is 6.54 Å². The van der Waals surface area contributed by atoms with Crippen molar-refractivity contribution in [3.63, 3.8) is 0 Å². The highest BCUT2D eigenvalue weighted by Gasteiger charge is 2.22. The van der Waals surface area contributed by atoms with Crippen LogP contribution in [0.5, 0.6) is 0 Å². The van der Waals surface area contributed by atoms with E-state index in [1.807, 2.05) is 0 Å². The minimum atomic E-state index is 0.453. The predicted octanol–water partition coefficient (Wildman–Crippen LogP) is 3.18. The molecule has 2 aromatic rings. The molecule has 3 rings (SSSR count). The van der Waals surface area contributed by atoms with Crippen LogP contribution >= 0.6 is 0 Å². The summed E-state index contributed by atoms with van der Waals surface area (Å²) in [7, 11) is 0. The molecule has 3 heteroatoms. The van der Waals surface area contributed by atoms with E-state index in [0.29, 0.717) is 6.04 Å². The Bertz CT molecular complexity index is 564. The van der Waals surface area contributed by atoms with Crippen molar-refractivity contribution < 1.29 is 0 Å². The van der Waals surface area contributed by atoms with E-state index in [0.717, 1.165) is 23.9 Å². The van der Waals surface area contributed by atoms with E-state index in [1.54, 1.807) is 0 Å². The number of aryl methyl sites for hydroxylation is 1. The van der Waals surface area contributed by atoms with Gasteiger partial charge in [0, 0.05) is 12.1 Å². The number of rotatable bonds is 4. The van der Waals surface area contributed by atoms with Crippen LogP contribution in [0.3, 0.4) is 0 Å². The van der Waals surface area contributed by atoms with Crippen LogP contribution in [-0.4, -0.2) is 15.6 Å². The molecule has 0 saturated heterocycles. The zero-order valence-corrected chi connectivity index (χ0v) is 11.4. The molecule has 0 amide bonds. The minimum absolute atomic E-state index is 0.453. The number of hydrogen-bond acceptors (Lipinski definition) is 2. The maximum absolute atomic E-state index is 4.79. The molecule has 0 atom stereocenters. The van der Waals surface area contributed by atoms with Crippen molar-refractivity contribution in [2.45, 2.75) is 52.2 Å². The summed E-state index contributed by atoms with van der Waals surface area (Å²) in [5, 5.41) is 3.56. The molecule has 1 heterocycles. The Hall–Kier alpha value is -1.35.